The van der Waals surface area contributed by atoms with Crippen molar-refractivity contribution in [2.24, 2.45) is 0 Å². The molecule has 3 aromatic rings. The number of halogens is 1. The summed E-state index contributed by atoms with van der Waals surface area (Å²) in [6.07, 6.45) is 4.59. The van der Waals surface area contributed by atoms with E-state index in [2.05, 4.69) is 25.6 Å². The number of anilines is 2. The van der Waals surface area contributed by atoms with Crippen molar-refractivity contribution < 1.29 is 14.3 Å². The molecule has 0 saturated heterocycles. The van der Waals surface area contributed by atoms with E-state index in [9.17, 15) is 9.59 Å². The Morgan fingerprint density at radius 2 is 2.04 bits per heavy atom. The van der Waals surface area contributed by atoms with E-state index in [1.165, 1.54) is 19.5 Å². The van der Waals surface area contributed by atoms with E-state index >= 15 is 0 Å². The predicted octanol–water partition coefficient (Wildman–Crippen LogP) is 2.99. The number of aromatic nitrogens is 3. The minimum atomic E-state index is -0.488. The van der Waals surface area contributed by atoms with Gasteiger partial charge < -0.3 is 15.4 Å². The Bertz CT molecular complexity index is 998. The fourth-order valence-electron chi connectivity index (χ4n) is 2.33. The molecule has 0 fully saturated rings. The average molecular weight is 398 g/mol. The molecule has 8 nitrogen and oxygen atoms in total. The number of nitrogens with zero attached hydrogens (tertiary/aromatic N) is 3. The third kappa shape index (κ3) is 4.80. The highest BCUT2D eigenvalue weighted by Gasteiger charge is 2.12. The third-order valence-corrected chi connectivity index (χ3v) is 4.06. The molecule has 28 heavy (non-hydrogen) atoms. The first kappa shape index (κ1) is 19.2. The smallest absolute Gasteiger partial charge is 0.337 e. The Hall–Kier alpha value is -3.52. The van der Waals surface area contributed by atoms with Crippen LogP contribution in [-0.2, 0) is 11.3 Å². The quantitative estimate of drug-likeness (QED) is 0.616. The summed E-state index contributed by atoms with van der Waals surface area (Å²) in [5.74, 6) is -0.493. The Labute approximate surface area is 166 Å². The summed E-state index contributed by atoms with van der Waals surface area (Å²) in [6, 6.07) is 9.80. The molecular formula is C19H16ClN5O3. The van der Waals surface area contributed by atoms with Gasteiger partial charge in [0.2, 0.25) is 0 Å². The van der Waals surface area contributed by atoms with E-state index in [1.54, 1.807) is 36.7 Å². The molecule has 0 aliphatic heterocycles. The number of hydrogen-bond donors (Lipinski definition) is 2. The minimum Gasteiger partial charge on any atom is -0.465 e. The van der Waals surface area contributed by atoms with Crippen LogP contribution in [0, 0.1) is 0 Å². The van der Waals surface area contributed by atoms with Gasteiger partial charge in [-0.15, -0.1) is 0 Å². The van der Waals surface area contributed by atoms with Crippen LogP contribution < -0.4 is 10.6 Å². The number of hydrogen-bond acceptors (Lipinski definition) is 7. The molecule has 0 atom stereocenters. The van der Waals surface area contributed by atoms with Gasteiger partial charge in [-0.25, -0.2) is 14.8 Å². The molecule has 0 aliphatic carbocycles. The second-order valence-corrected chi connectivity index (χ2v) is 6.05. The molecular weight excluding hydrogens is 382 g/mol. The van der Waals surface area contributed by atoms with Crippen molar-refractivity contribution in [3.05, 3.63) is 77.0 Å². The number of carbonyl (C=O) groups excluding carboxylic acids is 2. The molecule has 1 amide bonds. The van der Waals surface area contributed by atoms with Gasteiger partial charge in [0.05, 0.1) is 23.4 Å². The van der Waals surface area contributed by atoms with Crippen LogP contribution in [0.2, 0.25) is 5.02 Å². The van der Waals surface area contributed by atoms with Crippen molar-refractivity contribution in [2.45, 2.75) is 6.54 Å². The maximum Gasteiger partial charge on any atom is 0.337 e. The zero-order valence-corrected chi connectivity index (χ0v) is 15.6. The van der Waals surface area contributed by atoms with Crippen molar-refractivity contribution in [2.75, 3.05) is 12.4 Å². The molecule has 0 aliphatic rings. The van der Waals surface area contributed by atoms with Crippen molar-refractivity contribution in [1.82, 2.24) is 20.3 Å². The topological polar surface area (TPSA) is 106 Å². The standard InChI is InChI=1S/C19H16ClN5O3/c1-28-19(27)13-4-5-14(20)15(7-13)25-17-8-16(23-11-24-17)18(26)22-10-12-3-2-6-21-9-12/h2-9,11H,10H2,1H3,(H,22,26)(H,23,24,25). The Kier molecular flexibility index (Phi) is 6.13. The van der Waals surface area contributed by atoms with Crippen LogP contribution in [0.5, 0.6) is 0 Å². The van der Waals surface area contributed by atoms with Gasteiger partial charge in [0.15, 0.2) is 0 Å². The van der Waals surface area contributed by atoms with Gasteiger partial charge >= 0.3 is 5.97 Å². The number of benzene rings is 1. The van der Waals surface area contributed by atoms with Crippen molar-refractivity contribution in [1.29, 1.82) is 0 Å². The van der Waals surface area contributed by atoms with Gasteiger partial charge in [-0.05, 0) is 29.8 Å². The van der Waals surface area contributed by atoms with Gasteiger partial charge in [0, 0.05) is 25.0 Å². The highest BCUT2D eigenvalue weighted by molar-refractivity contribution is 6.33. The van der Waals surface area contributed by atoms with Crippen LogP contribution in [-0.4, -0.2) is 33.9 Å². The monoisotopic (exact) mass is 397 g/mol. The van der Waals surface area contributed by atoms with Gasteiger partial charge in [-0.1, -0.05) is 17.7 Å². The summed E-state index contributed by atoms with van der Waals surface area (Å²) < 4.78 is 4.70. The molecule has 2 heterocycles. The lowest BCUT2D eigenvalue weighted by molar-refractivity contribution is 0.0600. The molecule has 9 heteroatoms. The zero-order chi connectivity index (χ0) is 19.9. The summed E-state index contributed by atoms with van der Waals surface area (Å²) in [6.45, 7) is 0.326. The molecule has 0 radical (unpaired) electrons. The zero-order valence-electron chi connectivity index (χ0n) is 14.8. The van der Waals surface area contributed by atoms with Crippen LogP contribution in [0.4, 0.5) is 11.5 Å². The maximum atomic E-state index is 12.3. The predicted molar refractivity (Wildman–Crippen MR) is 104 cm³/mol. The van der Waals surface area contributed by atoms with Gasteiger partial charge in [-0.3, -0.25) is 9.78 Å². The first-order valence-electron chi connectivity index (χ1n) is 8.21. The molecule has 1 aromatic carbocycles. The lowest BCUT2D eigenvalue weighted by atomic mass is 10.2. The number of pyridine rings is 1. The van der Waals surface area contributed by atoms with E-state index < -0.39 is 5.97 Å². The molecule has 0 bridgehead atoms. The summed E-state index contributed by atoms with van der Waals surface area (Å²) >= 11 is 6.17. The van der Waals surface area contributed by atoms with Crippen molar-refractivity contribution >= 4 is 35.0 Å². The number of carbonyl (C=O) groups is 2. The molecule has 0 saturated carbocycles. The van der Waals surface area contributed by atoms with Crippen LogP contribution >= 0.6 is 11.6 Å². The van der Waals surface area contributed by atoms with Crippen LogP contribution in [0.1, 0.15) is 26.4 Å². The largest absolute Gasteiger partial charge is 0.465 e. The molecule has 0 unspecified atom stereocenters. The lowest BCUT2D eigenvalue weighted by Crippen LogP contribution is -2.24. The van der Waals surface area contributed by atoms with Crippen molar-refractivity contribution in [3.63, 3.8) is 0 Å². The highest BCUT2D eigenvalue weighted by atomic mass is 35.5. The first-order chi connectivity index (χ1) is 13.6. The van der Waals surface area contributed by atoms with E-state index in [-0.39, 0.29) is 11.6 Å². The van der Waals surface area contributed by atoms with Gasteiger partial charge in [0.1, 0.15) is 17.8 Å². The third-order valence-electron chi connectivity index (χ3n) is 3.73. The van der Waals surface area contributed by atoms with Crippen LogP contribution in [0.3, 0.4) is 0 Å². The number of methoxy groups -OCH3 is 1. The van der Waals surface area contributed by atoms with Crippen LogP contribution in [0.25, 0.3) is 0 Å². The normalized spacial score (nSPS) is 10.2. The van der Waals surface area contributed by atoms with Gasteiger partial charge in [-0.2, -0.15) is 0 Å². The van der Waals surface area contributed by atoms with Gasteiger partial charge in [0.25, 0.3) is 5.91 Å². The second kappa shape index (κ2) is 8.92. The summed E-state index contributed by atoms with van der Waals surface area (Å²) in [4.78, 5) is 36.1. The minimum absolute atomic E-state index is 0.182. The maximum absolute atomic E-state index is 12.3. The van der Waals surface area contributed by atoms with E-state index in [1.807, 2.05) is 6.07 Å². The number of amides is 1. The highest BCUT2D eigenvalue weighted by Crippen LogP contribution is 2.26. The number of nitrogens with one attached hydrogen (secondary N) is 2. The summed E-state index contributed by atoms with van der Waals surface area (Å²) in [5, 5.41) is 6.13. The summed E-state index contributed by atoms with van der Waals surface area (Å²) in [5.41, 5.74) is 1.83. The SMILES string of the molecule is COC(=O)c1ccc(Cl)c(Nc2cc(C(=O)NCc3cccnc3)ncn2)c1. The molecule has 142 valence electrons. The van der Waals surface area contributed by atoms with E-state index in [0.717, 1.165) is 5.56 Å². The fraction of sp³-hybridized carbons (Fsp3) is 0.105. The second-order valence-electron chi connectivity index (χ2n) is 5.64. The molecule has 0 spiro atoms. The Morgan fingerprint density at radius 3 is 2.79 bits per heavy atom. The number of esters is 1. The number of ether oxygens (including phenoxy) is 1. The van der Waals surface area contributed by atoms with Crippen LogP contribution in [0.15, 0.2) is 55.1 Å². The van der Waals surface area contributed by atoms with E-state index in [0.29, 0.717) is 28.6 Å². The van der Waals surface area contributed by atoms with Crippen molar-refractivity contribution in [3.8, 4) is 0 Å². The molecule has 2 aromatic heterocycles. The Morgan fingerprint density at radius 1 is 1.18 bits per heavy atom. The summed E-state index contributed by atoms with van der Waals surface area (Å²) in [7, 11) is 1.30. The molecule has 2 N–H and O–H groups in total. The first-order valence-corrected chi connectivity index (χ1v) is 8.58. The molecule has 3 rings (SSSR count). The Balaban J connectivity index is 1.73. The van der Waals surface area contributed by atoms with E-state index in [4.69, 9.17) is 16.3 Å². The lowest BCUT2D eigenvalue weighted by Gasteiger charge is -2.10. The average Bonchev–Trinajstić information content (AvgIpc) is 2.74. The fourth-order valence-corrected chi connectivity index (χ4v) is 2.49. The number of rotatable bonds is 6.